The van der Waals surface area contributed by atoms with E-state index in [4.69, 9.17) is 9.15 Å². The van der Waals surface area contributed by atoms with Gasteiger partial charge in [-0.3, -0.25) is 19.6 Å². The Kier molecular flexibility index (Phi) is 4.77. The first-order valence-electron chi connectivity index (χ1n) is 11.2. The Hall–Kier alpha value is -4.13. The molecule has 3 aliphatic rings. The average molecular weight is 512 g/mol. The molecular weight excluding hydrogens is 490 g/mol. The van der Waals surface area contributed by atoms with Gasteiger partial charge in [0.15, 0.2) is 11.1 Å². The maximum Gasteiger partial charge on any atom is 0.322 e. The third-order valence-electron chi connectivity index (χ3n) is 6.57. The summed E-state index contributed by atoms with van der Waals surface area (Å²) in [4.78, 5) is 44.2. The summed E-state index contributed by atoms with van der Waals surface area (Å²) < 4.78 is 38.1. The van der Waals surface area contributed by atoms with Gasteiger partial charge in [-0.2, -0.15) is 0 Å². The lowest BCUT2D eigenvalue weighted by Gasteiger charge is -2.28. The zero-order chi connectivity index (χ0) is 25.2. The van der Waals surface area contributed by atoms with E-state index in [2.05, 4.69) is 20.3 Å². The van der Waals surface area contributed by atoms with Gasteiger partial charge in [0.25, 0.3) is 11.8 Å². The summed E-state index contributed by atoms with van der Waals surface area (Å²) in [6, 6.07) is 8.89. The lowest BCUT2D eigenvalue weighted by Crippen LogP contribution is -2.52. The maximum absolute atomic E-state index is 13.1. The number of hydrogen-bond acceptors (Lipinski definition) is 8. The number of methoxy groups -OCH3 is 1. The molecule has 186 valence electrons. The number of pyridine rings is 1. The number of ether oxygens (including phenoxy) is 1. The minimum atomic E-state index is -3.52. The molecule has 36 heavy (non-hydrogen) atoms. The third kappa shape index (κ3) is 3.54. The Morgan fingerprint density at radius 2 is 2.00 bits per heavy atom. The number of aromatic nitrogens is 1. The Morgan fingerprint density at radius 1 is 1.19 bits per heavy atom. The lowest BCUT2D eigenvalue weighted by molar-refractivity contribution is -0.125. The molecule has 6 rings (SSSR count). The van der Waals surface area contributed by atoms with E-state index in [1.165, 1.54) is 30.2 Å². The highest BCUT2D eigenvalue weighted by Crippen LogP contribution is 2.35. The van der Waals surface area contributed by atoms with Crippen LogP contribution < -0.4 is 20.1 Å². The van der Waals surface area contributed by atoms with Gasteiger partial charge in [-0.25, -0.2) is 18.2 Å². The first-order chi connectivity index (χ1) is 17.2. The minimum absolute atomic E-state index is 0.0666. The maximum atomic E-state index is 13.1. The van der Waals surface area contributed by atoms with E-state index in [9.17, 15) is 22.8 Å². The Morgan fingerprint density at radius 3 is 2.69 bits per heavy atom. The zero-order valence-electron chi connectivity index (χ0n) is 19.0. The van der Waals surface area contributed by atoms with Gasteiger partial charge >= 0.3 is 6.03 Å². The van der Waals surface area contributed by atoms with Gasteiger partial charge in [0.1, 0.15) is 22.8 Å². The summed E-state index contributed by atoms with van der Waals surface area (Å²) in [6.07, 6.45) is 1.22. The summed E-state index contributed by atoms with van der Waals surface area (Å²) in [5.74, 6) is -0.278. The molecule has 0 spiro atoms. The molecule has 4 heterocycles. The number of carbonyl (C=O) groups is 3. The van der Waals surface area contributed by atoms with E-state index in [0.29, 0.717) is 24.2 Å². The van der Waals surface area contributed by atoms with E-state index in [0.717, 1.165) is 5.56 Å². The van der Waals surface area contributed by atoms with Crippen LogP contribution in [0, 0.1) is 0 Å². The van der Waals surface area contributed by atoms with Crippen molar-refractivity contribution in [3.63, 3.8) is 0 Å². The molecular formula is C23H21N5O7S. The summed E-state index contributed by atoms with van der Waals surface area (Å²) >= 11 is 0. The highest BCUT2D eigenvalue weighted by molar-refractivity contribution is 7.93. The first-order valence-corrected chi connectivity index (χ1v) is 12.8. The van der Waals surface area contributed by atoms with E-state index in [-0.39, 0.29) is 41.7 Å². The van der Waals surface area contributed by atoms with E-state index >= 15 is 0 Å². The van der Waals surface area contributed by atoms with Crippen molar-refractivity contribution < 1.29 is 32.0 Å². The van der Waals surface area contributed by atoms with Crippen molar-refractivity contribution in [3.05, 3.63) is 53.3 Å². The average Bonchev–Trinajstić information content (AvgIpc) is 3.48. The second kappa shape index (κ2) is 7.68. The monoisotopic (exact) mass is 511 g/mol. The lowest BCUT2D eigenvalue weighted by atomic mass is 9.95. The molecule has 1 aliphatic carbocycles. The fraction of sp³-hybridized carbons (Fsp3) is 0.304. The molecule has 1 atom stereocenters. The van der Waals surface area contributed by atoms with Crippen LogP contribution in [0.1, 0.15) is 34.5 Å². The summed E-state index contributed by atoms with van der Waals surface area (Å²) in [5, 5.41) is 4.42. The molecule has 2 aliphatic heterocycles. The van der Waals surface area contributed by atoms with Crippen LogP contribution in [0.2, 0.25) is 0 Å². The van der Waals surface area contributed by atoms with Crippen molar-refractivity contribution in [1.82, 2.24) is 20.5 Å². The number of amides is 4. The number of carbonyl (C=O) groups excluding carboxylic acids is 3. The molecule has 12 nitrogen and oxygen atoms in total. The highest BCUT2D eigenvalue weighted by Gasteiger charge is 2.53. The van der Waals surface area contributed by atoms with Crippen LogP contribution in [-0.2, 0) is 26.9 Å². The van der Waals surface area contributed by atoms with Crippen molar-refractivity contribution in [2.24, 2.45) is 0 Å². The van der Waals surface area contributed by atoms with Crippen molar-refractivity contribution in [2.45, 2.75) is 30.2 Å². The van der Waals surface area contributed by atoms with Gasteiger partial charge in [-0.05, 0) is 42.7 Å². The molecule has 0 radical (unpaired) electrons. The minimum Gasteiger partial charge on any atom is -0.497 e. The summed E-state index contributed by atoms with van der Waals surface area (Å²) in [7, 11) is -2.01. The van der Waals surface area contributed by atoms with Crippen LogP contribution in [0.25, 0.3) is 11.1 Å². The molecule has 1 unspecified atom stereocenters. The Labute approximate surface area is 205 Å². The van der Waals surface area contributed by atoms with Crippen molar-refractivity contribution in [2.75, 3.05) is 18.4 Å². The Bertz CT molecular complexity index is 1560. The molecule has 1 aromatic carbocycles. The second-order valence-electron chi connectivity index (χ2n) is 9.03. The smallest absolute Gasteiger partial charge is 0.322 e. The van der Waals surface area contributed by atoms with Gasteiger partial charge in [-0.15, -0.1) is 0 Å². The molecule has 1 saturated heterocycles. The molecule has 2 fully saturated rings. The van der Waals surface area contributed by atoms with Crippen LogP contribution in [0.5, 0.6) is 5.75 Å². The Balaban J connectivity index is 1.34. The number of imide groups is 1. The fourth-order valence-corrected chi connectivity index (χ4v) is 5.86. The fourth-order valence-electron chi connectivity index (χ4n) is 4.53. The van der Waals surface area contributed by atoms with Gasteiger partial charge in [0, 0.05) is 18.2 Å². The topological polar surface area (TPSA) is 160 Å². The molecule has 2 aromatic heterocycles. The van der Waals surface area contributed by atoms with Crippen LogP contribution >= 0.6 is 0 Å². The second-order valence-corrected chi connectivity index (χ2v) is 11.0. The predicted molar refractivity (Wildman–Crippen MR) is 126 cm³/mol. The summed E-state index contributed by atoms with van der Waals surface area (Å²) in [5.41, 5.74) is 0.0870. The van der Waals surface area contributed by atoms with Crippen molar-refractivity contribution >= 4 is 44.8 Å². The molecule has 1 saturated carbocycles. The molecule has 3 aromatic rings. The van der Waals surface area contributed by atoms with E-state index in [1.54, 1.807) is 18.2 Å². The quantitative estimate of drug-likeness (QED) is 0.402. The molecule has 3 N–H and O–H groups in total. The van der Waals surface area contributed by atoms with E-state index in [1.807, 2.05) is 0 Å². The number of furan rings is 1. The summed E-state index contributed by atoms with van der Waals surface area (Å²) in [6.45, 7) is 0.0377. The normalized spacial score (nSPS) is 21.5. The standard InChI is InChI=1S/C23H21N5O7S/c1-34-13-3-2-12-10-28(20(29)15(12)8-13)11-23(21(30)25-22(31)26-23)18-9-16-17(35-18)6-7-19(24-16)27-36(32,33)14-4-5-14/h2-3,6-9,14H,4-5,10-11H2,1H3,(H,24,27)(H2,25,26,30,31). The number of urea groups is 1. The SMILES string of the molecule is COc1ccc2c(c1)C(=O)N(CC1(c3cc4nc(NS(=O)(=O)C5CC5)ccc4o3)NC(=O)NC1=O)C2. The number of hydrogen-bond donors (Lipinski definition) is 3. The zero-order valence-corrected chi connectivity index (χ0v) is 19.8. The van der Waals surface area contributed by atoms with Crippen molar-refractivity contribution in [3.8, 4) is 5.75 Å². The third-order valence-corrected chi connectivity index (χ3v) is 8.41. The van der Waals surface area contributed by atoms with Gasteiger partial charge in [0.05, 0.1) is 18.9 Å². The van der Waals surface area contributed by atoms with Gasteiger partial charge in [0.2, 0.25) is 10.0 Å². The predicted octanol–water partition coefficient (Wildman–Crippen LogP) is 1.43. The molecule has 13 heteroatoms. The first kappa shape index (κ1) is 22.3. The number of sulfonamides is 1. The number of rotatable bonds is 7. The van der Waals surface area contributed by atoms with Gasteiger partial charge < -0.3 is 19.4 Å². The van der Waals surface area contributed by atoms with Gasteiger partial charge in [-0.1, -0.05) is 6.07 Å². The highest BCUT2D eigenvalue weighted by atomic mass is 32.2. The van der Waals surface area contributed by atoms with Crippen LogP contribution in [-0.4, -0.2) is 55.1 Å². The number of nitrogens with one attached hydrogen (secondary N) is 3. The molecule has 0 bridgehead atoms. The van der Waals surface area contributed by atoms with E-state index < -0.39 is 32.8 Å². The number of anilines is 1. The number of nitrogens with zero attached hydrogens (tertiary/aromatic N) is 2. The van der Waals surface area contributed by atoms with Crippen LogP contribution in [0.4, 0.5) is 10.6 Å². The molecule has 4 amide bonds. The van der Waals surface area contributed by atoms with Crippen LogP contribution in [0.15, 0.2) is 40.8 Å². The van der Waals surface area contributed by atoms with Crippen molar-refractivity contribution in [1.29, 1.82) is 0 Å². The largest absolute Gasteiger partial charge is 0.497 e. The number of benzene rings is 1. The van der Waals surface area contributed by atoms with Crippen LogP contribution in [0.3, 0.4) is 0 Å². The number of fused-ring (bicyclic) bond motifs is 2.